The molecule has 12 rings (SSSR count). The fourth-order valence-corrected chi connectivity index (χ4v) is 15.3. The number of ether oxygens (including phenoxy) is 5. The summed E-state index contributed by atoms with van der Waals surface area (Å²) in [6.07, 6.45) is 21.7. The van der Waals surface area contributed by atoms with Gasteiger partial charge in [-0.3, -0.25) is 4.79 Å². The molecule has 0 heterocycles. The lowest BCUT2D eigenvalue weighted by atomic mass is 9.48. The average Bonchev–Trinajstić information content (AvgIpc) is 2.96. The normalized spacial score (nSPS) is 52.3. The molecular formula is C40H62O6. The monoisotopic (exact) mass is 638 g/mol. The molecule has 258 valence electrons. The van der Waals surface area contributed by atoms with Crippen LogP contribution in [0.15, 0.2) is 0 Å². The summed E-state index contributed by atoms with van der Waals surface area (Å²) >= 11 is 0. The van der Waals surface area contributed by atoms with Gasteiger partial charge in [0, 0.05) is 44.3 Å². The third kappa shape index (κ3) is 4.86. The van der Waals surface area contributed by atoms with Gasteiger partial charge in [0.1, 0.15) is 5.60 Å². The Kier molecular flexibility index (Phi) is 7.09. The zero-order valence-corrected chi connectivity index (χ0v) is 29.6. The molecule has 0 saturated heterocycles. The summed E-state index contributed by atoms with van der Waals surface area (Å²) in [5, 5.41) is 0. The van der Waals surface area contributed by atoms with Gasteiger partial charge in [-0.1, -0.05) is 6.92 Å². The predicted molar refractivity (Wildman–Crippen MR) is 175 cm³/mol. The van der Waals surface area contributed by atoms with E-state index < -0.39 is 22.2 Å². The fourth-order valence-electron chi connectivity index (χ4n) is 15.3. The van der Waals surface area contributed by atoms with Gasteiger partial charge in [0.2, 0.25) is 0 Å². The van der Waals surface area contributed by atoms with Crippen LogP contribution in [-0.4, -0.2) is 49.6 Å². The second-order valence-corrected chi connectivity index (χ2v) is 20.1. The number of carbonyl (C=O) groups excluding carboxylic acids is 1. The lowest BCUT2D eigenvalue weighted by Gasteiger charge is -2.67. The molecule has 0 spiro atoms. The van der Waals surface area contributed by atoms with Crippen molar-refractivity contribution < 1.29 is 28.5 Å². The van der Waals surface area contributed by atoms with E-state index in [0.717, 1.165) is 80.5 Å². The molecule has 0 aromatic rings. The van der Waals surface area contributed by atoms with E-state index in [0.29, 0.717) is 5.92 Å². The van der Waals surface area contributed by atoms with Crippen LogP contribution in [0.2, 0.25) is 0 Å². The molecule has 6 heteroatoms. The quantitative estimate of drug-likeness (QED) is 0.167. The Morgan fingerprint density at radius 1 is 0.587 bits per heavy atom. The number of rotatable bonds is 11. The number of carbonyl (C=O) groups is 1. The predicted octanol–water partition coefficient (Wildman–Crippen LogP) is 8.59. The Labute approximate surface area is 278 Å². The molecule has 12 fully saturated rings. The van der Waals surface area contributed by atoms with Crippen molar-refractivity contribution >= 4 is 5.97 Å². The van der Waals surface area contributed by atoms with Crippen molar-refractivity contribution in [2.24, 2.45) is 57.7 Å². The van der Waals surface area contributed by atoms with E-state index in [-0.39, 0.29) is 29.4 Å². The summed E-state index contributed by atoms with van der Waals surface area (Å²) in [7, 11) is 3.78. The summed E-state index contributed by atoms with van der Waals surface area (Å²) in [4.78, 5) is 13.9. The Morgan fingerprint density at radius 3 is 1.28 bits per heavy atom. The number of esters is 1. The minimum Gasteiger partial charge on any atom is -0.458 e. The summed E-state index contributed by atoms with van der Waals surface area (Å²) in [5.41, 5.74) is -1.61. The van der Waals surface area contributed by atoms with Crippen LogP contribution in [-0.2, 0) is 28.5 Å². The molecule has 0 aliphatic heterocycles. The Balaban J connectivity index is 1.05. The molecule has 0 radical (unpaired) electrons. The highest BCUT2D eigenvalue weighted by Gasteiger charge is 2.70. The van der Waals surface area contributed by atoms with Gasteiger partial charge < -0.3 is 23.7 Å². The minimum absolute atomic E-state index is 0.0593. The van der Waals surface area contributed by atoms with Crippen LogP contribution in [0.25, 0.3) is 0 Å². The van der Waals surface area contributed by atoms with Crippen LogP contribution in [0.5, 0.6) is 0 Å². The highest BCUT2D eigenvalue weighted by molar-refractivity contribution is 5.76. The molecule has 0 aromatic heterocycles. The zero-order valence-electron chi connectivity index (χ0n) is 29.6. The molecular weight excluding hydrogens is 576 g/mol. The van der Waals surface area contributed by atoms with Crippen molar-refractivity contribution in [2.45, 2.75) is 172 Å². The topological polar surface area (TPSA) is 63.2 Å². The second kappa shape index (κ2) is 10.4. The van der Waals surface area contributed by atoms with Crippen LogP contribution in [0.4, 0.5) is 0 Å². The molecule has 0 amide bonds. The van der Waals surface area contributed by atoms with Gasteiger partial charge in [0.15, 0.2) is 12.6 Å². The minimum atomic E-state index is -0.553. The van der Waals surface area contributed by atoms with E-state index >= 15 is 0 Å². The molecule has 4 atom stereocenters. The van der Waals surface area contributed by atoms with E-state index in [9.17, 15) is 4.79 Å². The molecule has 6 nitrogen and oxygen atoms in total. The maximum atomic E-state index is 13.9. The Hall–Kier alpha value is -0.690. The average molecular weight is 639 g/mol. The van der Waals surface area contributed by atoms with Gasteiger partial charge in [-0.05, 0) is 158 Å². The van der Waals surface area contributed by atoms with Crippen LogP contribution in [0.1, 0.15) is 143 Å². The standard InChI is InChI=1S/C40H62O6/c1-6-35(2,3)32(41)44-38-19-31-20-39(22-38,45-33(42-4)36-13-25-7-26(14-36)9-27(8-25)15-36)24-40(21-31,23-38)46-34(43-5)37-16-28-10-29(17-37)12-30(11-28)18-37/h25-31,33-34H,6-24H2,1-5H3. The van der Waals surface area contributed by atoms with Crippen molar-refractivity contribution in [3.8, 4) is 0 Å². The number of hydrogen-bond acceptors (Lipinski definition) is 6. The maximum Gasteiger partial charge on any atom is 0.312 e. The van der Waals surface area contributed by atoms with Crippen molar-refractivity contribution in [2.75, 3.05) is 14.2 Å². The lowest BCUT2D eigenvalue weighted by molar-refractivity contribution is -0.367. The lowest BCUT2D eigenvalue weighted by Crippen LogP contribution is -2.71. The molecule has 12 bridgehead atoms. The van der Waals surface area contributed by atoms with Gasteiger partial charge in [0.05, 0.1) is 16.6 Å². The summed E-state index contributed by atoms with van der Waals surface area (Å²) in [5.74, 6) is 5.38. The molecule has 0 N–H and O–H groups in total. The first-order chi connectivity index (χ1) is 21.9. The van der Waals surface area contributed by atoms with Gasteiger partial charge >= 0.3 is 5.97 Å². The van der Waals surface area contributed by atoms with E-state index in [1.165, 1.54) is 77.0 Å². The number of methoxy groups -OCH3 is 2. The van der Waals surface area contributed by atoms with Gasteiger partial charge in [-0.15, -0.1) is 0 Å². The van der Waals surface area contributed by atoms with Gasteiger partial charge in [0.25, 0.3) is 0 Å². The SMILES string of the molecule is CCC(C)(C)C(=O)OC12CC3CC(OC(OC)C45CC6CC(CC(C6)C4)C5)(C1)CC(OC(OC)C14CC5CC(CC(C5)C1)C4)(C3)C2. The van der Waals surface area contributed by atoms with Crippen molar-refractivity contribution in [3.63, 3.8) is 0 Å². The third-order valence-corrected chi connectivity index (χ3v) is 16.0. The van der Waals surface area contributed by atoms with E-state index in [4.69, 9.17) is 23.7 Å². The maximum absolute atomic E-state index is 13.9. The molecule has 4 unspecified atom stereocenters. The smallest absolute Gasteiger partial charge is 0.312 e. The summed E-state index contributed by atoms with van der Waals surface area (Å²) in [6.45, 7) is 6.17. The highest BCUT2D eigenvalue weighted by Crippen LogP contribution is 2.68. The first-order valence-electron chi connectivity index (χ1n) is 19.5. The summed E-state index contributed by atoms with van der Waals surface area (Å²) in [6, 6.07) is 0. The van der Waals surface area contributed by atoms with E-state index in [2.05, 4.69) is 6.92 Å². The van der Waals surface area contributed by atoms with E-state index in [1.54, 1.807) is 0 Å². The Bertz CT molecular complexity index is 1080. The third-order valence-electron chi connectivity index (χ3n) is 16.0. The van der Waals surface area contributed by atoms with Gasteiger partial charge in [-0.2, -0.15) is 0 Å². The molecule has 12 aliphatic carbocycles. The van der Waals surface area contributed by atoms with Crippen molar-refractivity contribution in [3.05, 3.63) is 0 Å². The largest absolute Gasteiger partial charge is 0.458 e. The van der Waals surface area contributed by atoms with Crippen molar-refractivity contribution in [1.29, 1.82) is 0 Å². The molecule has 0 aromatic carbocycles. The zero-order chi connectivity index (χ0) is 31.7. The summed E-state index contributed by atoms with van der Waals surface area (Å²) < 4.78 is 34.9. The first-order valence-corrected chi connectivity index (χ1v) is 19.5. The fraction of sp³-hybridized carbons (Fsp3) is 0.975. The van der Waals surface area contributed by atoms with Gasteiger partial charge in [-0.25, -0.2) is 0 Å². The molecule has 12 aliphatic rings. The molecule has 46 heavy (non-hydrogen) atoms. The van der Waals surface area contributed by atoms with Crippen LogP contribution in [0, 0.1) is 57.7 Å². The Morgan fingerprint density at radius 2 is 0.935 bits per heavy atom. The first kappa shape index (κ1) is 31.3. The number of hydrogen-bond donors (Lipinski definition) is 0. The van der Waals surface area contributed by atoms with E-state index in [1.807, 2.05) is 28.1 Å². The highest BCUT2D eigenvalue weighted by atomic mass is 16.7. The van der Waals surface area contributed by atoms with Crippen LogP contribution >= 0.6 is 0 Å². The van der Waals surface area contributed by atoms with Crippen LogP contribution in [0.3, 0.4) is 0 Å². The van der Waals surface area contributed by atoms with Crippen molar-refractivity contribution in [1.82, 2.24) is 0 Å². The second-order valence-electron chi connectivity index (χ2n) is 20.1. The van der Waals surface area contributed by atoms with Crippen LogP contribution < -0.4 is 0 Å². The molecule has 12 saturated carbocycles.